The number of rotatable bonds is 8. The monoisotopic (exact) mass is 425 g/mol. The smallest absolute Gasteiger partial charge is 0.142 e. The Morgan fingerprint density at radius 1 is 0.906 bits per heavy atom. The van der Waals surface area contributed by atoms with E-state index < -0.39 is 0 Å². The van der Waals surface area contributed by atoms with E-state index in [1.807, 2.05) is 6.92 Å². The molecule has 3 aromatic rings. The van der Waals surface area contributed by atoms with Gasteiger partial charge in [0.15, 0.2) is 0 Å². The molecule has 1 aliphatic carbocycles. The lowest BCUT2D eigenvalue weighted by molar-refractivity contribution is 0.309. The van der Waals surface area contributed by atoms with Gasteiger partial charge in [0.1, 0.15) is 11.5 Å². The van der Waals surface area contributed by atoms with Crippen molar-refractivity contribution in [2.75, 3.05) is 18.5 Å². The molecule has 0 aromatic heterocycles. The minimum absolute atomic E-state index is 0.257. The van der Waals surface area contributed by atoms with E-state index in [0.29, 0.717) is 25.0 Å². The Morgan fingerprint density at radius 3 is 2.56 bits per heavy atom. The average Bonchev–Trinajstić information content (AvgIpc) is 3.33. The molecule has 3 unspecified atom stereocenters. The second-order valence-corrected chi connectivity index (χ2v) is 8.64. The van der Waals surface area contributed by atoms with Crippen molar-refractivity contribution in [3.05, 3.63) is 102 Å². The van der Waals surface area contributed by atoms with Crippen LogP contribution in [0.2, 0.25) is 0 Å². The molecule has 0 saturated carbocycles. The predicted octanol–water partition coefficient (Wildman–Crippen LogP) is 6.92. The van der Waals surface area contributed by atoms with E-state index in [-0.39, 0.29) is 6.04 Å². The normalized spacial score (nSPS) is 20.8. The van der Waals surface area contributed by atoms with Crippen LogP contribution < -0.4 is 14.8 Å². The summed E-state index contributed by atoms with van der Waals surface area (Å²) < 4.78 is 11.9. The molecule has 2 aliphatic rings. The highest BCUT2D eigenvalue weighted by Crippen LogP contribution is 2.52. The Kier molecular flexibility index (Phi) is 6.15. The van der Waals surface area contributed by atoms with Crippen LogP contribution >= 0.6 is 0 Å². The lowest BCUT2D eigenvalue weighted by Crippen LogP contribution is -2.29. The standard InChI is InChI=1S/C29H31NO2/c1-2-31-23-18-16-22(17-19-23)28-25-13-6-12-24(25)26-14-7-15-27(29(26)30-28)32-20-8-11-21-9-4-3-5-10-21/h3-7,9-10,12,14-19,24-25,28,30H,2,8,11,13,20H2,1H3. The number of allylic oxidation sites excluding steroid dienone is 2. The van der Waals surface area contributed by atoms with E-state index in [0.717, 1.165) is 36.4 Å². The maximum atomic E-state index is 6.30. The largest absolute Gasteiger partial charge is 0.494 e. The van der Waals surface area contributed by atoms with Crippen LogP contribution in [0.3, 0.4) is 0 Å². The first-order chi connectivity index (χ1) is 15.8. The molecule has 3 aromatic carbocycles. The molecule has 0 spiro atoms. The summed E-state index contributed by atoms with van der Waals surface area (Å²) in [5.74, 6) is 2.84. The van der Waals surface area contributed by atoms with Gasteiger partial charge in [-0.15, -0.1) is 0 Å². The molecule has 1 aliphatic heterocycles. The van der Waals surface area contributed by atoms with Crippen molar-refractivity contribution in [3.63, 3.8) is 0 Å². The molecule has 0 fully saturated rings. The minimum atomic E-state index is 0.257. The Hall–Kier alpha value is -3.20. The van der Waals surface area contributed by atoms with Gasteiger partial charge >= 0.3 is 0 Å². The van der Waals surface area contributed by atoms with Gasteiger partial charge in [-0.2, -0.15) is 0 Å². The summed E-state index contributed by atoms with van der Waals surface area (Å²) in [7, 11) is 0. The van der Waals surface area contributed by atoms with Gasteiger partial charge in [-0.1, -0.05) is 66.7 Å². The number of anilines is 1. The molecule has 1 heterocycles. The quantitative estimate of drug-likeness (QED) is 0.314. The second-order valence-electron chi connectivity index (χ2n) is 8.64. The van der Waals surface area contributed by atoms with Crippen LogP contribution in [0, 0.1) is 5.92 Å². The molecule has 32 heavy (non-hydrogen) atoms. The number of hydrogen-bond donors (Lipinski definition) is 1. The fourth-order valence-electron chi connectivity index (χ4n) is 5.08. The molecule has 0 amide bonds. The molecule has 164 valence electrons. The molecule has 3 heteroatoms. The fourth-order valence-corrected chi connectivity index (χ4v) is 5.08. The number of para-hydroxylation sites is 1. The Labute approximate surface area is 191 Å². The van der Waals surface area contributed by atoms with Gasteiger partial charge in [0.05, 0.1) is 24.9 Å². The maximum absolute atomic E-state index is 6.30. The third-order valence-electron chi connectivity index (χ3n) is 6.62. The van der Waals surface area contributed by atoms with E-state index in [2.05, 4.69) is 90.3 Å². The van der Waals surface area contributed by atoms with E-state index in [1.54, 1.807) is 0 Å². The van der Waals surface area contributed by atoms with Crippen molar-refractivity contribution in [3.8, 4) is 11.5 Å². The van der Waals surface area contributed by atoms with Gasteiger partial charge in [0.25, 0.3) is 0 Å². The summed E-state index contributed by atoms with van der Waals surface area (Å²) in [6, 6.07) is 25.9. The Balaban J connectivity index is 1.34. The molecule has 0 bridgehead atoms. The zero-order valence-corrected chi connectivity index (χ0v) is 18.7. The number of ether oxygens (including phenoxy) is 2. The molecule has 0 saturated heterocycles. The zero-order chi connectivity index (χ0) is 21.8. The Morgan fingerprint density at radius 2 is 1.75 bits per heavy atom. The van der Waals surface area contributed by atoms with Crippen LogP contribution in [-0.4, -0.2) is 13.2 Å². The van der Waals surface area contributed by atoms with Crippen molar-refractivity contribution in [2.45, 2.75) is 38.1 Å². The van der Waals surface area contributed by atoms with Crippen molar-refractivity contribution in [1.29, 1.82) is 0 Å². The third kappa shape index (κ3) is 4.25. The maximum Gasteiger partial charge on any atom is 0.142 e. The van der Waals surface area contributed by atoms with E-state index in [1.165, 1.54) is 16.7 Å². The second kappa shape index (κ2) is 9.52. The van der Waals surface area contributed by atoms with Crippen molar-refractivity contribution in [1.82, 2.24) is 0 Å². The van der Waals surface area contributed by atoms with E-state index >= 15 is 0 Å². The molecule has 0 radical (unpaired) electrons. The van der Waals surface area contributed by atoms with Crippen molar-refractivity contribution in [2.24, 2.45) is 5.92 Å². The summed E-state index contributed by atoms with van der Waals surface area (Å²) >= 11 is 0. The number of benzene rings is 3. The Bertz CT molecular complexity index is 1060. The number of hydrogen-bond acceptors (Lipinski definition) is 3. The third-order valence-corrected chi connectivity index (χ3v) is 6.62. The molecule has 3 atom stereocenters. The first kappa shape index (κ1) is 20.7. The summed E-state index contributed by atoms with van der Waals surface area (Å²) in [5, 5.41) is 3.86. The highest BCUT2D eigenvalue weighted by molar-refractivity contribution is 5.67. The lowest BCUT2D eigenvalue weighted by atomic mass is 9.77. The summed E-state index contributed by atoms with van der Waals surface area (Å²) in [6.07, 6.45) is 7.84. The topological polar surface area (TPSA) is 30.5 Å². The van der Waals surface area contributed by atoms with Crippen LogP contribution in [-0.2, 0) is 6.42 Å². The first-order valence-corrected chi connectivity index (χ1v) is 11.8. The molecular formula is C29H31NO2. The van der Waals surface area contributed by atoms with Gasteiger partial charge in [-0.3, -0.25) is 0 Å². The molecule has 3 nitrogen and oxygen atoms in total. The van der Waals surface area contributed by atoms with Gasteiger partial charge in [0, 0.05) is 5.92 Å². The zero-order valence-electron chi connectivity index (χ0n) is 18.7. The SMILES string of the molecule is CCOc1ccc(C2Nc3c(OCCCc4ccccc4)cccc3C3C=CCC32)cc1. The summed E-state index contributed by atoms with van der Waals surface area (Å²) in [4.78, 5) is 0. The number of nitrogens with one attached hydrogen (secondary N) is 1. The molecule has 1 N–H and O–H groups in total. The van der Waals surface area contributed by atoms with E-state index in [4.69, 9.17) is 9.47 Å². The van der Waals surface area contributed by atoms with E-state index in [9.17, 15) is 0 Å². The van der Waals surface area contributed by atoms with Crippen LogP contribution in [0.5, 0.6) is 11.5 Å². The number of fused-ring (bicyclic) bond motifs is 3. The van der Waals surface area contributed by atoms with Gasteiger partial charge in [0.2, 0.25) is 0 Å². The van der Waals surface area contributed by atoms with Gasteiger partial charge in [-0.05, 0) is 67.0 Å². The highest BCUT2D eigenvalue weighted by atomic mass is 16.5. The first-order valence-electron chi connectivity index (χ1n) is 11.8. The van der Waals surface area contributed by atoms with Crippen molar-refractivity contribution < 1.29 is 9.47 Å². The lowest BCUT2D eigenvalue weighted by Gasteiger charge is -2.38. The van der Waals surface area contributed by atoms with Gasteiger partial charge < -0.3 is 14.8 Å². The fraction of sp³-hybridized carbons (Fsp3) is 0.310. The van der Waals surface area contributed by atoms with Gasteiger partial charge in [-0.25, -0.2) is 0 Å². The van der Waals surface area contributed by atoms with Crippen LogP contribution in [0.15, 0.2) is 84.9 Å². The van der Waals surface area contributed by atoms with Crippen LogP contribution in [0.25, 0.3) is 0 Å². The molecule has 5 rings (SSSR count). The van der Waals surface area contributed by atoms with Crippen LogP contribution in [0.1, 0.15) is 48.4 Å². The number of aryl methyl sites for hydroxylation is 1. The van der Waals surface area contributed by atoms with Crippen molar-refractivity contribution >= 4 is 5.69 Å². The highest BCUT2D eigenvalue weighted by Gasteiger charge is 2.38. The minimum Gasteiger partial charge on any atom is -0.494 e. The summed E-state index contributed by atoms with van der Waals surface area (Å²) in [5.41, 5.74) is 5.17. The molecular weight excluding hydrogens is 394 g/mol. The summed E-state index contributed by atoms with van der Waals surface area (Å²) in [6.45, 7) is 3.42. The predicted molar refractivity (Wildman–Crippen MR) is 131 cm³/mol. The van der Waals surface area contributed by atoms with Crippen LogP contribution in [0.4, 0.5) is 5.69 Å². The average molecular weight is 426 g/mol.